The van der Waals surface area contributed by atoms with Gasteiger partial charge in [0.05, 0.1) is 26.9 Å². The number of azo groups is 1. The number of hydrogen-bond donors (Lipinski definition) is 4. The quantitative estimate of drug-likeness (QED) is 0.0342. The monoisotopic (exact) mass is 801 g/mol. The van der Waals surface area contributed by atoms with Crippen LogP contribution in [0.15, 0.2) is 91.5 Å². The predicted octanol–water partition coefficient (Wildman–Crippen LogP) is 9.69. The fraction of sp³-hybridized carbons (Fsp3) is 0.421. The lowest BCUT2D eigenvalue weighted by atomic mass is 10.0. The van der Waals surface area contributed by atoms with Gasteiger partial charge in [0.15, 0.2) is 21.3 Å². The normalized spacial score (nSPS) is 12.1. The molecule has 13 nitrogen and oxygen atoms in total. The molecule has 0 aliphatic heterocycles. The molecule has 0 aliphatic rings. The van der Waals surface area contributed by atoms with Gasteiger partial charge in [0.25, 0.3) is 16.0 Å². The van der Waals surface area contributed by atoms with Crippen molar-refractivity contribution in [1.82, 2.24) is 9.78 Å². The summed E-state index contributed by atoms with van der Waals surface area (Å²) >= 11 is 6.14. The van der Waals surface area contributed by atoms with Crippen LogP contribution in [-0.4, -0.2) is 47.9 Å². The zero-order chi connectivity index (χ0) is 39.1. The Morgan fingerprint density at radius 3 is 1.94 bits per heavy atom. The molecule has 16 heteroatoms. The van der Waals surface area contributed by atoms with E-state index >= 15 is 0 Å². The Morgan fingerprint density at radius 2 is 1.37 bits per heavy atom. The highest BCUT2D eigenvalue weighted by atomic mass is 35.5. The van der Waals surface area contributed by atoms with Gasteiger partial charge in [0.2, 0.25) is 0 Å². The van der Waals surface area contributed by atoms with Crippen molar-refractivity contribution >= 4 is 54.7 Å². The summed E-state index contributed by atoms with van der Waals surface area (Å²) in [5.41, 5.74) is -1.33. The molecule has 0 saturated heterocycles. The van der Waals surface area contributed by atoms with Crippen molar-refractivity contribution in [2.24, 2.45) is 10.2 Å². The lowest BCUT2D eigenvalue weighted by Crippen LogP contribution is -2.16. The van der Waals surface area contributed by atoms with E-state index in [1.807, 2.05) is 0 Å². The predicted molar refractivity (Wildman–Crippen MR) is 210 cm³/mol. The molecule has 0 unspecified atom stereocenters. The first kappa shape index (κ1) is 42.4. The molecular weight excluding hydrogens is 754 g/mol. The van der Waals surface area contributed by atoms with Gasteiger partial charge in [0.1, 0.15) is 16.3 Å². The van der Waals surface area contributed by atoms with Crippen LogP contribution >= 0.6 is 11.6 Å². The third-order valence-corrected chi connectivity index (χ3v) is 12.0. The summed E-state index contributed by atoms with van der Waals surface area (Å²) < 4.78 is 60.7. The average Bonchev–Trinajstić information content (AvgIpc) is 3.44. The number of anilines is 1. The highest BCUT2D eigenvalue weighted by molar-refractivity contribution is 7.91. The van der Waals surface area contributed by atoms with Gasteiger partial charge in [-0.3, -0.25) is 19.2 Å². The zero-order valence-corrected chi connectivity index (χ0v) is 32.7. The fourth-order valence-electron chi connectivity index (χ4n) is 5.94. The Labute approximate surface area is 321 Å². The van der Waals surface area contributed by atoms with Crippen LogP contribution in [0.3, 0.4) is 0 Å². The van der Waals surface area contributed by atoms with Gasteiger partial charge in [-0.2, -0.15) is 8.42 Å². The number of halogens is 1. The smallest absolute Gasteiger partial charge is 0.301 e. The summed E-state index contributed by atoms with van der Waals surface area (Å²) in [5.74, 6) is -1.42. The van der Waals surface area contributed by atoms with Crippen molar-refractivity contribution in [3.05, 3.63) is 87.7 Å². The van der Waals surface area contributed by atoms with E-state index in [0.717, 1.165) is 30.0 Å². The van der Waals surface area contributed by atoms with Crippen LogP contribution in [-0.2, 0) is 20.0 Å². The third kappa shape index (κ3) is 12.4. The number of aromatic nitrogens is 2. The van der Waals surface area contributed by atoms with Crippen molar-refractivity contribution in [3.63, 3.8) is 0 Å². The number of unbranched alkanes of at least 4 members (excludes halogenated alkanes) is 13. The minimum atomic E-state index is -4.78. The fourth-order valence-corrected chi connectivity index (χ4v) is 8.21. The first-order valence-corrected chi connectivity index (χ1v) is 21.7. The van der Waals surface area contributed by atoms with Crippen molar-refractivity contribution in [2.45, 2.75) is 107 Å². The number of H-pyrrole nitrogens is 1. The number of nitrogens with zero attached hydrogens (tertiary/aromatic N) is 3. The third-order valence-electron chi connectivity index (χ3n) is 8.92. The highest BCUT2D eigenvalue weighted by Crippen LogP contribution is 2.31. The molecule has 0 radical (unpaired) electrons. The molecule has 4 aromatic rings. The molecule has 292 valence electrons. The summed E-state index contributed by atoms with van der Waals surface area (Å²) in [5, 5.41) is 22.8. The number of carbonyl (C=O) groups excluding carboxylic acids is 1. The first-order chi connectivity index (χ1) is 25.8. The summed E-state index contributed by atoms with van der Waals surface area (Å²) in [6, 6.07) is 14.4. The van der Waals surface area contributed by atoms with Gasteiger partial charge in [-0.05, 0) is 55.0 Å². The number of rotatable bonds is 22. The topological polar surface area (TPSA) is 200 Å². The minimum Gasteiger partial charge on any atom is -0.508 e. The van der Waals surface area contributed by atoms with E-state index in [1.165, 1.54) is 125 Å². The van der Waals surface area contributed by atoms with E-state index in [9.17, 15) is 36.1 Å². The van der Waals surface area contributed by atoms with E-state index in [0.29, 0.717) is 6.42 Å². The Kier molecular flexibility index (Phi) is 16.0. The molecule has 0 aliphatic carbocycles. The Morgan fingerprint density at radius 1 is 0.796 bits per heavy atom. The van der Waals surface area contributed by atoms with Gasteiger partial charge < -0.3 is 10.4 Å². The van der Waals surface area contributed by atoms with Gasteiger partial charge in [-0.15, -0.1) is 10.2 Å². The summed E-state index contributed by atoms with van der Waals surface area (Å²) in [7, 11) is -8.37. The van der Waals surface area contributed by atoms with Crippen molar-refractivity contribution in [3.8, 4) is 11.4 Å². The van der Waals surface area contributed by atoms with Gasteiger partial charge in [-0.25, -0.2) is 13.1 Å². The zero-order valence-electron chi connectivity index (χ0n) is 30.3. The molecule has 0 bridgehead atoms. The van der Waals surface area contributed by atoms with Crippen molar-refractivity contribution < 1.29 is 31.3 Å². The molecule has 1 heterocycles. The Balaban J connectivity index is 1.42. The molecule has 1 amide bonds. The number of nitrogens with one attached hydrogen (secondary N) is 2. The van der Waals surface area contributed by atoms with Crippen molar-refractivity contribution in [1.29, 1.82) is 0 Å². The number of hydrogen-bond acceptors (Lipinski definition) is 9. The molecule has 0 atom stereocenters. The summed E-state index contributed by atoms with van der Waals surface area (Å²) in [6.07, 6.45) is 16.3. The summed E-state index contributed by atoms with van der Waals surface area (Å²) in [6.45, 7) is 2.23. The average molecular weight is 802 g/mol. The van der Waals surface area contributed by atoms with E-state index < -0.39 is 47.6 Å². The van der Waals surface area contributed by atoms with Crippen molar-refractivity contribution in [2.75, 3.05) is 11.1 Å². The summed E-state index contributed by atoms with van der Waals surface area (Å²) in [4.78, 5) is 26.3. The maximum atomic E-state index is 13.6. The Hall–Kier alpha value is -4.31. The minimum absolute atomic E-state index is 0.00159. The van der Waals surface area contributed by atoms with Crippen LogP contribution in [0.5, 0.6) is 5.75 Å². The van der Waals surface area contributed by atoms with Crippen LogP contribution in [0.2, 0.25) is 5.02 Å². The van der Waals surface area contributed by atoms with E-state index in [1.54, 1.807) is 0 Å². The van der Waals surface area contributed by atoms with Crippen LogP contribution < -0.4 is 10.9 Å². The van der Waals surface area contributed by atoms with Gasteiger partial charge in [-0.1, -0.05) is 114 Å². The molecule has 0 fully saturated rings. The van der Waals surface area contributed by atoms with Gasteiger partial charge >= 0.3 is 5.56 Å². The second-order valence-electron chi connectivity index (χ2n) is 13.1. The maximum absolute atomic E-state index is 13.6. The molecule has 4 N–H and O–H groups in total. The lowest BCUT2D eigenvalue weighted by Gasteiger charge is -2.08. The second kappa shape index (κ2) is 20.4. The molecule has 54 heavy (non-hydrogen) atoms. The van der Waals surface area contributed by atoms with Gasteiger partial charge in [0, 0.05) is 6.07 Å². The molecular formula is C38H48ClN5O8S2. The molecule has 4 rings (SSSR count). The number of phenolic OH excluding ortho intramolecular Hbond substituents is 1. The van der Waals surface area contributed by atoms with Crippen LogP contribution in [0, 0.1) is 0 Å². The SMILES string of the molecule is CCCCCCCCCCCCCCCCS(=O)(=O)c1ccc(-n2[nH]c(NC(=O)c3ccccc3S(=O)(=O)O)c(N=Nc3ccc(O)cc3Cl)c2=O)cc1. The highest BCUT2D eigenvalue weighted by Gasteiger charge is 2.24. The largest absolute Gasteiger partial charge is 0.508 e. The van der Waals surface area contributed by atoms with E-state index in [2.05, 4.69) is 27.6 Å². The number of amides is 1. The number of sulfone groups is 1. The molecule has 0 saturated carbocycles. The maximum Gasteiger partial charge on any atom is 0.301 e. The molecule has 0 spiro atoms. The van der Waals surface area contributed by atoms with Crippen LogP contribution in [0.25, 0.3) is 5.69 Å². The second-order valence-corrected chi connectivity index (χ2v) is 17.1. The van der Waals surface area contributed by atoms with E-state index in [-0.39, 0.29) is 38.6 Å². The number of phenols is 1. The van der Waals surface area contributed by atoms with E-state index in [4.69, 9.17) is 11.6 Å². The number of benzene rings is 3. The Bertz CT molecular complexity index is 2170. The molecule has 3 aromatic carbocycles. The number of aromatic amines is 1. The molecule has 1 aromatic heterocycles. The standard InChI is InChI=1S/C38H48ClN5O8S2/c1-2-3-4-5-6-7-8-9-10-11-12-13-14-17-26-53(48,49)30-23-20-28(21-24-30)44-38(47)35(42-41-33-25-22-29(45)27-32(33)39)36(43-44)40-37(46)31-18-15-16-19-34(31)54(50,51)52/h15-16,18-25,27,43,45H,2-14,17,26H2,1H3,(H,40,46)(H,50,51,52). The lowest BCUT2D eigenvalue weighted by molar-refractivity contribution is 0.102. The first-order valence-electron chi connectivity index (χ1n) is 18.3. The number of carbonyl (C=O) groups is 1. The van der Waals surface area contributed by atoms with Crippen LogP contribution in [0.4, 0.5) is 17.2 Å². The number of aromatic hydroxyl groups is 1. The van der Waals surface area contributed by atoms with Crippen LogP contribution in [0.1, 0.15) is 107 Å².